The number of ether oxygens (including phenoxy) is 1. The molecule has 1 amide bonds. The number of hydrogen-bond acceptors (Lipinski definition) is 4. The van der Waals surface area contributed by atoms with E-state index in [1.165, 1.54) is 5.56 Å². The van der Waals surface area contributed by atoms with Gasteiger partial charge in [-0.15, -0.1) is 0 Å². The lowest BCUT2D eigenvalue weighted by Gasteiger charge is -2.09. The van der Waals surface area contributed by atoms with E-state index in [4.69, 9.17) is 4.74 Å². The van der Waals surface area contributed by atoms with Gasteiger partial charge in [0.15, 0.2) is 5.82 Å². The molecule has 29 heavy (non-hydrogen) atoms. The molecule has 0 fully saturated rings. The van der Waals surface area contributed by atoms with Gasteiger partial charge >= 0.3 is 0 Å². The number of benzene rings is 3. The van der Waals surface area contributed by atoms with Crippen molar-refractivity contribution in [2.75, 3.05) is 5.32 Å². The largest absolute Gasteiger partial charge is 0.439 e. The predicted octanol–water partition coefficient (Wildman–Crippen LogP) is 5.50. The third-order valence-corrected chi connectivity index (χ3v) is 4.29. The monoisotopic (exact) mass is 381 g/mol. The predicted molar refractivity (Wildman–Crippen MR) is 113 cm³/mol. The van der Waals surface area contributed by atoms with Crippen molar-refractivity contribution in [2.45, 2.75) is 6.92 Å². The highest BCUT2D eigenvalue weighted by Gasteiger charge is 2.09. The Kier molecular flexibility index (Phi) is 5.29. The lowest BCUT2D eigenvalue weighted by atomic mass is 10.1. The van der Waals surface area contributed by atoms with Gasteiger partial charge in [-0.2, -0.15) is 4.98 Å². The second-order valence-electron chi connectivity index (χ2n) is 6.53. The van der Waals surface area contributed by atoms with Crippen LogP contribution in [0, 0.1) is 6.92 Å². The van der Waals surface area contributed by atoms with Gasteiger partial charge in [0, 0.05) is 29.1 Å². The maximum atomic E-state index is 12.5. The van der Waals surface area contributed by atoms with Crippen molar-refractivity contribution in [3.05, 3.63) is 102 Å². The van der Waals surface area contributed by atoms with Gasteiger partial charge in [-0.25, -0.2) is 4.98 Å². The fourth-order valence-corrected chi connectivity index (χ4v) is 2.79. The van der Waals surface area contributed by atoms with Gasteiger partial charge in [0.25, 0.3) is 5.91 Å². The Morgan fingerprint density at radius 3 is 2.48 bits per heavy atom. The van der Waals surface area contributed by atoms with Crippen LogP contribution in [-0.4, -0.2) is 15.9 Å². The number of carbonyl (C=O) groups excluding carboxylic acids is 1. The molecule has 1 N–H and O–H groups in total. The van der Waals surface area contributed by atoms with E-state index in [0.717, 1.165) is 11.3 Å². The van der Waals surface area contributed by atoms with Gasteiger partial charge in [0.05, 0.1) is 0 Å². The van der Waals surface area contributed by atoms with Crippen LogP contribution in [0.25, 0.3) is 11.4 Å². The highest BCUT2D eigenvalue weighted by atomic mass is 16.5. The van der Waals surface area contributed by atoms with E-state index in [9.17, 15) is 4.79 Å². The summed E-state index contributed by atoms with van der Waals surface area (Å²) in [6.07, 6.45) is 1.66. The molecule has 0 bridgehead atoms. The fourth-order valence-electron chi connectivity index (χ4n) is 2.79. The van der Waals surface area contributed by atoms with Crippen LogP contribution in [-0.2, 0) is 0 Å². The number of rotatable bonds is 5. The molecule has 0 atom stereocenters. The summed E-state index contributed by atoms with van der Waals surface area (Å²) in [4.78, 5) is 21.3. The maximum absolute atomic E-state index is 12.5. The molecule has 5 heteroatoms. The number of carbonyl (C=O) groups is 1. The molecule has 0 saturated heterocycles. The van der Waals surface area contributed by atoms with Gasteiger partial charge < -0.3 is 10.1 Å². The number of nitrogens with zero attached hydrogens (tertiary/aromatic N) is 2. The molecule has 142 valence electrons. The molecule has 0 saturated carbocycles. The molecular weight excluding hydrogens is 362 g/mol. The average Bonchev–Trinajstić information content (AvgIpc) is 2.75. The minimum atomic E-state index is -0.204. The average molecular weight is 381 g/mol. The number of para-hydroxylation sites is 1. The van der Waals surface area contributed by atoms with Gasteiger partial charge in [0.2, 0.25) is 5.88 Å². The zero-order valence-corrected chi connectivity index (χ0v) is 15.9. The normalized spacial score (nSPS) is 10.4. The zero-order chi connectivity index (χ0) is 20.1. The van der Waals surface area contributed by atoms with Crippen LogP contribution in [0.1, 0.15) is 15.9 Å². The Balaban J connectivity index is 1.51. The number of aryl methyl sites for hydroxylation is 1. The first kappa shape index (κ1) is 18.4. The summed E-state index contributed by atoms with van der Waals surface area (Å²) < 4.78 is 5.87. The first-order valence-corrected chi connectivity index (χ1v) is 9.22. The third kappa shape index (κ3) is 4.65. The molecule has 0 aliphatic carbocycles. The Morgan fingerprint density at radius 2 is 1.69 bits per heavy atom. The van der Waals surface area contributed by atoms with Crippen molar-refractivity contribution in [1.82, 2.24) is 9.97 Å². The van der Waals surface area contributed by atoms with Crippen LogP contribution in [0.2, 0.25) is 0 Å². The van der Waals surface area contributed by atoms with Crippen LogP contribution in [0.3, 0.4) is 0 Å². The van der Waals surface area contributed by atoms with Crippen molar-refractivity contribution < 1.29 is 9.53 Å². The summed E-state index contributed by atoms with van der Waals surface area (Å²) in [5.74, 6) is 1.32. The Labute approximate surface area is 169 Å². The molecule has 1 heterocycles. The van der Waals surface area contributed by atoms with E-state index in [0.29, 0.717) is 23.0 Å². The van der Waals surface area contributed by atoms with Gasteiger partial charge in [-0.05, 0) is 37.3 Å². The molecule has 0 radical (unpaired) electrons. The number of hydrogen-bond donors (Lipinski definition) is 1. The maximum Gasteiger partial charge on any atom is 0.255 e. The van der Waals surface area contributed by atoms with E-state index in [1.54, 1.807) is 36.5 Å². The molecule has 1 aromatic heterocycles. The van der Waals surface area contributed by atoms with Gasteiger partial charge in [-0.1, -0.05) is 54.1 Å². The van der Waals surface area contributed by atoms with Crippen LogP contribution in [0.4, 0.5) is 5.69 Å². The smallest absolute Gasteiger partial charge is 0.255 e. The first-order valence-electron chi connectivity index (χ1n) is 9.22. The van der Waals surface area contributed by atoms with Crippen LogP contribution >= 0.6 is 0 Å². The molecular formula is C24H19N3O2. The summed E-state index contributed by atoms with van der Waals surface area (Å²) in [6, 6.07) is 26.0. The second kappa shape index (κ2) is 8.35. The number of aromatic nitrogens is 2. The molecule has 5 nitrogen and oxygen atoms in total. The van der Waals surface area contributed by atoms with Crippen molar-refractivity contribution in [2.24, 2.45) is 0 Å². The van der Waals surface area contributed by atoms with E-state index in [1.807, 2.05) is 61.5 Å². The Hall–Kier alpha value is -3.99. The first-order chi connectivity index (χ1) is 14.2. The Bertz CT molecular complexity index is 1130. The summed E-state index contributed by atoms with van der Waals surface area (Å²) in [6.45, 7) is 2.03. The van der Waals surface area contributed by atoms with E-state index in [-0.39, 0.29) is 5.91 Å². The van der Waals surface area contributed by atoms with Crippen LogP contribution < -0.4 is 10.1 Å². The molecule has 3 aromatic carbocycles. The molecule has 4 aromatic rings. The van der Waals surface area contributed by atoms with E-state index < -0.39 is 0 Å². The van der Waals surface area contributed by atoms with Crippen LogP contribution in [0.15, 0.2) is 91.1 Å². The molecule has 0 aliphatic rings. The van der Waals surface area contributed by atoms with Crippen molar-refractivity contribution in [3.8, 4) is 23.0 Å². The lowest BCUT2D eigenvalue weighted by Crippen LogP contribution is -2.11. The highest BCUT2D eigenvalue weighted by molar-refractivity contribution is 6.04. The second-order valence-corrected chi connectivity index (χ2v) is 6.53. The topological polar surface area (TPSA) is 64.1 Å². The number of anilines is 1. The quantitative estimate of drug-likeness (QED) is 0.496. The molecule has 0 unspecified atom stereocenters. The minimum Gasteiger partial charge on any atom is -0.439 e. The lowest BCUT2D eigenvalue weighted by molar-refractivity contribution is 0.102. The number of amides is 1. The minimum absolute atomic E-state index is 0.204. The van der Waals surface area contributed by atoms with Crippen molar-refractivity contribution in [3.63, 3.8) is 0 Å². The van der Waals surface area contributed by atoms with Crippen LogP contribution in [0.5, 0.6) is 11.6 Å². The van der Waals surface area contributed by atoms with E-state index >= 15 is 0 Å². The molecule has 0 aliphatic heterocycles. The van der Waals surface area contributed by atoms with Crippen molar-refractivity contribution >= 4 is 11.6 Å². The number of nitrogens with one attached hydrogen (secondary N) is 1. The fraction of sp³-hybridized carbons (Fsp3) is 0.0417. The summed E-state index contributed by atoms with van der Waals surface area (Å²) in [7, 11) is 0. The van der Waals surface area contributed by atoms with Gasteiger partial charge in [0.1, 0.15) is 5.75 Å². The summed E-state index contributed by atoms with van der Waals surface area (Å²) in [5.41, 5.74) is 3.32. The Morgan fingerprint density at radius 1 is 0.897 bits per heavy atom. The SMILES string of the molecule is Cc1ccc(-c2nccc(Oc3cccc(C(=O)Nc4ccccc4)c3)n2)cc1. The third-order valence-electron chi connectivity index (χ3n) is 4.29. The summed E-state index contributed by atoms with van der Waals surface area (Å²) >= 11 is 0. The van der Waals surface area contributed by atoms with Gasteiger partial charge in [-0.3, -0.25) is 4.79 Å². The highest BCUT2D eigenvalue weighted by Crippen LogP contribution is 2.23. The molecule has 4 rings (SSSR count). The molecule has 0 spiro atoms. The van der Waals surface area contributed by atoms with E-state index in [2.05, 4.69) is 15.3 Å². The summed E-state index contributed by atoms with van der Waals surface area (Å²) in [5, 5.41) is 2.86. The zero-order valence-electron chi connectivity index (χ0n) is 15.9. The standard InChI is InChI=1S/C24H19N3O2/c1-17-10-12-18(13-11-17)23-25-15-14-22(27-23)29-21-9-5-6-19(16-21)24(28)26-20-7-3-2-4-8-20/h2-16H,1H3,(H,26,28). The van der Waals surface area contributed by atoms with Crippen molar-refractivity contribution in [1.29, 1.82) is 0 Å².